The van der Waals surface area contributed by atoms with Gasteiger partial charge < -0.3 is 14.8 Å². The van der Waals surface area contributed by atoms with Crippen molar-refractivity contribution in [2.45, 2.75) is 25.4 Å². The molecule has 2 aromatic heterocycles. The second-order valence-electron chi connectivity index (χ2n) is 8.24. The molecule has 6 heteroatoms. The van der Waals surface area contributed by atoms with Crippen molar-refractivity contribution >= 4 is 34.1 Å². The molecule has 3 heterocycles. The van der Waals surface area contributed by atoms with Crippen LogP contribution in [0.1, 0.15) is 28.9 Å². The lowest BCUT2D eigenvalue weighted by molar-refractivity contribution is 0.0922. The molecular weight excluding hydrogens is 420 g/mol. The Morgan fingerprint density at radius 2 is 1.72 bits per heavy atom. The molecule has 1 aliphatic rings. The lowest BCUT2D eigenvalue weighted by Gasteiger charge is -2.33. The zero-order valence-corrected chi connectivity index (χ0v) is 18.5. The van der Waals surface area contributed by atoms with Gasteiger partial charge in [-0.2, -0.15) is 0 Å². The number of carbonyl (C=O) groups excluding carboxylic acids is 1. The number of fused-ring (bicyclic) bond motifs is 1. The van der Waals surface area contributed by atoms with E-state index in [9.17, 15) is 4.79 Å². The number of piperidine rings is 1. The molecule has 1 aliphatic heterocycles. The third-order valence-corrected chi connectivity index (χ3v) is 6.41. The molecule has 162 valence electrons. The van der Waals surface area contributed by atoms with Gasteiger partial charge >= 0.3 is 0 Å². The number of rotatable bonds is 5. The Morgan fingerprint density at radius 3 is 2.47 bits per heavy atom. The summed E-state index contributed by atoms with van der Waals surface area (Å²) in [5.74, 6) is -0.0162. The van der Waals surface area contributed by atoms with E-state index in [1.807, 2.05) is 67.0 Å². The first kappa shape index (κ1) is 20.6. The SMILES string of the molecule is O=C(NC1CCN(c2ccncc2)CC1)c1cc2ccccc2n1Cc1ccc(Cl)cc1. The monoisotopic (exact) mass is 444 g/mol. The largest absolute Gasteiger partial charge is 0.371 e. The van der Waals surface area contributed by atoms with Crippen molar-refractivity contribution in [3.63, 3.8) is 0 Å². The second kappa shape index (κ2) is 9.05. The molecule has 32 heavy (non-hydrogen) atoms. The van der Waals surface area contributed by atoms with E-state index in [0.29, 0.717) is 17.3 Å². The lowest BCUT2D eigenvalue weighted by atomic mass is 10.0. The summed E-state index contributed by atoms with van der Waals surface area (Å²) < 4.78 is 2.10. The Balaban J connectivity index is 1.33. The van der Waals surface area contributed by atoms with Crippen LogP contribution in [0, 0.1) is 0 Å². The highest BCUT2D eigenvalue weighted by molar-refractivity contribution is 6.30. The summed E-state index contributed by atoms with van der Waals surface area (Å²) in [6.45, 7) is 2.46. The average molecular weight is 445 g/mol. The van der Waals surface area contributed by atoms with Gasteiger partial charge in [0.1, 0.15) is 5.69 Å². The number of hydrogen-bond donors (Lipinski definition) is 1. The predicted molar refractivity (Wildman–Crippen MR) is 129 cm³/mol. The highest BCUT2D eigenvalue weighted by Crippen LogP contribution is 2.23. The third kappa shape index (κ3) is 4.34. The lowest BCUT2D eigenvalue weighted by Crippen LogP contribution is -2.45. The van der Waals surface area contributed by atoms with E-state index in [-0.39, 0.29) is 11.9 Å². The van der Waals surface area contributed by atoms with Crippen molar-refractivity contribution in [3.8, 4) is 0 Å². The molecule has 1 fully saturated rings. The third-order valence-electron chi connectivity index (χ3n) is 6.16. The molecule has 0 aliphatic carbocycles. The van der Waals surface area contributed by atoms with Crippen LogP contribution >= 0.6 is 11.6 Å². The van der Waals surface area contributed by atoms with E-state index < -0.39 is 0 Å². The summed E-state index contributed by atoms with van der Waals surface area (Å²) in [6, 6.07) is 22.2. The van der Waals surface area contributed by atoms with E-state index in [1.165, 1.54) is 5.69 Å². The first-order chi connectivity index (χ1) is 15.7. The van der Waals surface area contributed by atoms with Gasteiger partial charge in [0.05, 0.1) is 0 Å². The number of aromatic nitrogens is 2. The Kier molecular flexibility index (Phi) is 5.82. The van der Waals surface area contributed by atoms with Crippen molar-refractivity contribution in [1.29, 1.82) is 0 Å². The number of pyridine rings is 1. The fourth-order valence-electron chi connectivity index (χ4n) is 4.44. The van der Waals surface area contributed by atoms with Crippen LogP contribution in [0.25, 0.3) is 10.9 Å². The van der Waals surface area contributed by atoms with Crippen molar-refractivity contribution < 1.29 is 4.79 Å². The molecule has 0 unspecified atom stereocenters. The fourth-order valence-corrected chi connectivity index (χ4v) is 4.56. The van der Waals surface area contributed by atoms with E-state index in [1.54, 1.807) is 0 Å². The molecule has 0 saturated carbocycles. The van der Waals surface area contributed by atoms with Crippen LogP contribution < -0.4 is 10.2 Å². The molecule has 0 atom stereocenters. The maximum Gasteiger partial charge on any atom is 0.268 e. The van der Waals surface area contributed by atoms with Crippen LogP contribution in [0.5, 0.6) is 0 Å². The van der Waals surface area contributed by atoms with Gasteiger partial charge in [0, 0.05) is 59.7 Å². The summed E-state index contributed by atoms with van der Waals surface area (Å²) in [5, 5.41) is 5.06. The molecule has 1 amide bonds. The van der Waals surface area contributed by atoms with E-state index >= 15 is 0 Å². The van der Waals surface area contributed by atoms with Gasteiger partial charge in [0.25, 0.3) is 5.91 Å². The summed E-state index contributed by atoms with van der Waals surface area (Å²) in [6.07, 6.45) is 5.49. The van der Waals surface area contributed by atoms with E-state index in [4.69, 9.17) is 11.6 Å². The topological polar surface area (TPSA) is 50.2 Å². The first-order valence-electron chi connectivity index (χ1n) is 11.0. The van der Waals surface area contributed by atoms with Gasteiger partial charge in [-0.05, 0) is 54.8 Å². The van der Waals surface area contributed by atoms with Gasteiger partial charge in [-0.25, -0.2) is 0 Å². The van der Waals surface area contributed by atoms with Crippen LogP contribution in [-0.4, -0.2) is 34.6 Å². The van der Waals surface area contributed by atoms with Gasteiger partial charge in [0.2, 0.25) is 0 Å². The van der Waals surface area contributed by atoms with Crippen LogP contribution in [0.15, 0.2) is 79.1 Å². The summed E-state index contributed by atoms with van der Waals surface area (Å²) in [4.78, 5) is 19.8. The molecule has 0 spiro atoms. The molecule has 0 bridgehead atoms. The summed E-state index contributed by atoms with van der Waals surface area (Å²) in [7, 11) is 0. The predicted octanol–water partition coefficient (Wildman–Crippen LogP) is 5.14. The number of hydrogen-bond acceptors (Lipinski definition) is 3. The molecule has 5 rings (SSSR count). The Bertz CT molecular complexity index is 1210. The van der Waals surface area contributed by atoms with Crippen LogP contribution in [0.4, 0.5) is 5.69 Å². The van der Waals surface area contributed by atoms with Crippen molar-refractivity contribution in [3.05, 3.63) is 95.4 Å². The minimum atomic E-state index is -0.0162. The minimum Gasteiger partial charge on any atom is -0.371 e. The summed E-state index contributed by atoms with van der Waals surface area (Å²) in [5.41, 5.74) is 4.04. The summed E-state index contributed by atoms with van der Waals surface area (Å²) >= 11 is 6.05. The number of amides is 1. The average Bonchev–Trinajstić information content (AvgIpc) is 3.20. The van der Waals surface area contributed by atoms with Crippen LogP contribution in [-0.2, 0) is 6.54 Å². The second-order valence-corrected chi connectivity index (χ2v) is 8.68. The quantitative estimate of drug-likeness (QED) is 0.464. The number of halogens is 1. The maximum absolute atomic E-state index is 13.3. The standard InChI is InChI=1S/C26H25ClN4O/c27-21-7-5-19(6-8-21)18-31-24-4-2-1-3-20(24)17-25(31)26(32)29-22-11-15-30(16-12-22)23-9-13-28-14-10-23/h1-10,13-14,17,22H,11-12,15-16,18H2,(H,29,32). The highest BCUT2D eigenvalue weighted by Gasteiger charge is 2.23. The van der Waals surface area contributed by atoms with E-state index in [2.05, 4.69) is 31.9 Å². The molecule has 0 radical (unpaired) electrons. The number of benzene rings is 2. The molecule has 1 saturated heterocycles. The normalized spacial score (nSPS) is 14.6. The fraction of sp³-hybridized carbons (Fsp3) is 0.231. The minimum absolute atomic E-state index is 0.0162. The molecule has 5 nitrogen and oxygen atoms in total. The molecule has 4 aromatic rings. The highest BCUT2D eigenvalue weighted by atomic mass is 35.5. The maximum atomic E-state index is 13.3. The Hall–Kier alpha value is -3.31. The van der Waals surface area contributed by atoms with Gasteiger partial charge in [-0.15, -0.1) is 0 Å². The van der Waals surface area contributed by atoms with Gasteiger partial charge in [0.15, 0.2) is 0 Å². The van der Waals surface area contributed by atoms with Crippen molar-refractivity contribution in [2.75, 3.05) is 18.0 Å². The molecule has 2 aromatic carbocycles. The number of nitrogens with one attached hydrogen (secondary N) is 1. The number of anilines is 1. The zero-order valence-electron chi connectivity index (χ0n) is 17.7. The number of carbonyl (C=O) groups is 1. The van der Waals surface area contributed by atoms with Crippen molar-refractivity contribution in [2.24, 2.45) is 0 Å². The van der Waals surface area contributed by atoms with Crippen molar-refractivity contribution in [1.82, 2.24) is 14.9 Å². The van der Waals surface area contributed by atoms with Gasteiger partial charge in [-0.3, -0.25) is 9.78 Å². The molecule has 1 N–H and O–H groups in total. The Morgan fingerprint density at radius 1 is 1.00 bits per heavy atom. The smallest absolute Gasteiger partial charge is 0.268 e. The molecular formula is C26H25ClN4O. The first-order valence-corrected chi connectivity index (χ1v) is 11.3. The Labute approximate surface area is 192 Å². The number of para-hydroxylation sites is 1. The zero-order chi connectivity index (χ0) is 21.9. The van der Waals surface area contributed by atoms with E-state index in [0.717, 1.165) is 42.4 Å². The van der Waals surface area contributed by atoms with Crippen LogP contribution in [0.3, 0.4) is 0 Å². The number of nitrogens with zero attached hydrogens (tertiary/aromatic N) is 3. The van der Waals surface area contributed by atoms with Crippen LogP contribution in [0.2, 0.25) is 5.02 Å². The van der Waals surface area contributed by atoms with Gasteiger partial charge in [-0.1, -0.05) is 41.9 Å².